The number of carboxylic acid groups (broad SMARTS) is 1. The normalized spacial score (nSPS) is 9.79. The molecule has 0 heterocycles. The Morgan fingerprint density at radius 1 is 1.32 bits per heavy atom. The van der Waals surface area contributed by atoms with Crippen molar-refractivity contribution in [2.45, 2.75) is 13.0 Å². The highest BCUT2D eigenvalue weighted by atomic mass is 16.5. The molecule has 0 atom stereocenters. The van der Waals surface area contributed by atoms with Crippen LogP contribution in [0.15, 0.2) is 24.3 Å². The molecule has 0 saturated heterocycles. The topological polar surface area (TPSA) is 78.9 Å². The molecule has 0 radical (unpaired) electrons. The maximum absolute atomic E-state index is 11.6. The van der Waals surface area contributed by atoms with Gasteiger partial charge < -0.3 is 20.1 Å². The molecule has 6 nitrogen and oxygen atoms in total. The predicted octanol–water partition coefficient (Wildman–Crippen LogP) is 1.31. The molecule has 2 N–H and O–H groups in total. The van der Waals surface area contributed by atoms with Gasteiger partial charge in [0.1, 0.15) is 5.75 Å². The van der Waals surface area contributed by atoms with E-state index in [4.69, 9.17) is 9.84 Å². The molecule has 1 rings (SSSR count). The third-order valence-corrected chi connectivity index (χ3v) is 2.61. The van der Waals surface area contributed by atoms with Crippen LogP contribution >= 0.6 is 0 Å². The van der Waals surface area contributed by atoms with Gasteiger partial charge in [0.25, 0.3) is 0 Å². The van der Waals surface area contributed by atoms with Crippen molar-refractivity contribution in [1.82, 2.24) is 10.2 Å². The average molecular weight is 266 g/mol. The number of urea groups is 1. The Labute approximate surface area is 112 Å². The van der Waals surface area contributed by atoms with Gasteiger partial charge in [-0.25, -0.2) is 4.79 Å². The Morgan fingerprint density at radius 2 is 1.95 bits per heavy atom. The molecular formula is C13H18N2O4. The molecule has 1 aromatic rings. The van der Waals surface area contributed by atoms with Crippen LogP contribution in [0.3, 0.4) is 0 Å². The van der Waals surface area contributed by atoms with E-state index < -0.39 is 5.97 Å². The minimum atomic E-state index is -0.921. The van der Waals surface area contributed by atoms with Crippen molar-refractivity contribution in [3.05, 3.63) is 29.8 Å². The molecule has 0 aliphatic heterocycles. The molecule has 19 heavy (non-hydrogen) atoms. The van der Waals surface area contributed by atoms with Crippen molar-refractivity contribution in [2.24, 2.45) is 0 Å². The van der Waals surface area contributed by atoms with E-state index in [0.29, 0.717) is 6.54 Å². The van der Waals surface area contributed by atoms with Gasteiger partial charge in [0.2, 0.25) is 0 Å². The lowest BCUT2D eigenvalue weighted by atomic mass is 10.2. The van der Waals surface area contributed by atoms with Crippen molar-refractivity contribution in [2.75, 3.05) is 20.7 Å². The lowest BCUT2D eigenvalue weighted by Gasteiger charge is -2.16. The van der Waals surface area contributed by atoms with Gasteiger partial charge in [0.15, 0.2) is 0 Å². The summed E-state index contributed by atoms with van der Waals surface area (Å²) in [4.78, 5) is 23.4. The molecular weight excluding hydrogens is 248 g/mol. The zero-order chi connectivity index (χ0) is 14.3. The highest BCUT2D eigenvalue weighted by molar-refractivity contribution is 5.75. The maximum atomic E-state index is 11.6. The molecule has 0 fully saturated rings. The highest BCUT2D eigenvalue weighted by Crippen LogP contribution is 2.10. The summed E-state index contributed by atoms with van der Waals surface area (Å²) in [5, 5.41) is 11.2. The van der Waals surface area contributed by atoms with Crippen molar-refractivity contribution < 1.29 is 19.4 Å². The van der Waals surface area contributed by atoms with Gasteiger partial charge in [-0.2, -0.15) is 0 Å². The Hall–Kier alpha value is -2.24. The Bertz CT molecular complexity index is 431. The van der Waals surface area contributed by atoms with Crippen LogP contribution in [0.25, 0.3) is 0 Å². The fourth-order valence-electron chi connectivity index (χ4n) is 1.42. The van der Waals surface area contributed by atoms with Gasteiger partial charge in [-0.15, -0.1) is 0 Å². The zero-order valence-electron chi connectivity index (χ0n) is 11.0. The van der Waals surface area contributed by atoms with Crippen molar-refractivity contribution in [3.63, 3.8) is 0 Å². The molecule has 0 unspecified atom stereocenters. The van der Waals surface area contributed by atoms with Crippen LogP contribution in [0.1, 0.15) is 12.0 Å². The summed E-state index contributed by atoms with van der Waals surface area (Å²) < 4.78 is 5.04. The number of benzene rings is 1. The van der Waals surface area contributed by atoms with E-state index in [2.05, 4.69) is 5.32 Å². The molecule has 0 saturated carbocycles. The van der Waals surface area contributed by atoms with E-state index in [1.165, 1.54) is 4.90 Å². The van der Waals surface area contributed by atoms with Crippen LogP contribution in [-0.4, -0.2) is 42.7 Å². The van der Waals surface area contributed by atoms with Crippen molar-refractivity contribution in [1.29, 1.82) is 0 Å². The first-order valence-electron chi connectivity index (χ1n) is 5.86. The number of ether oxygens (including phenoxy) is 1. The predicted molar refractivity (Wildman–Crippen MR) is 70.1 cm³/mol. The van der Waals surface area contributed by atoms with E-state index in [0.717, 1.165) is 11.3 Å². The van der Waals surface area contributed by atoms with Crippen molar-refractivity contribution in [3.8, 4) is 5.75 Å². The Morgan fingerprint density at radius 3 is 2.47 bits per heavy atom. The van der Waals surface area contributed by atoms with Crippen LogP contribution in [0.2, 0.25) is 0 Å². The molecule has 1 aromatic carbocycles. The van der Waals surface area contributed by atoms with Crippen LogP contribution < -0.4 is 10.1 Å². The third kappa shape index (κ3) is 5.29. The Balaban J connectivity index is 2.38. The van der Waals surface area contributed by atoms with Gasteiger partial charge in [0.05, 0.1) is 13.5 Å². The number of carbonyl (C=O) groups is 2. The zero-order valence-corrected chi connectivity index (χ0v) is 11.0. The minimum absolute atomic E-state index is 0.0630. The fourth-order valence-corrected chi connectivity index (χ4v) is 1.42. The van der Waals surface area contributed by atoms with E-state index in [-0.39, 0.29) is 19.0 Å². The second-order valence-corrected chi connectivity index (χ2v) is 4.07. The highest BCUT2D eigenvalue weighted by Gasteiger charge is 2.09. The number of nitrogens with one attached hydrogen (secondary N) is 1. The number of hydrogen-bond donors (Lipinski definition) is 2. The average Bonchev–Trinajstić information content (AvgIpc) is 2.42. The first kappa shape index (κ1) is 14.8. The number of aliphatic carboxylic acids is 1. The smallest absolute Gasteiger partial charge is 0.317 e. The standard InChI is InChI=1S/C13H18N2O4/c1-15(8-7-12(16)17)13(18)14-9-10-3-5-11(19-2)6-4-10/h3-6H,7-9H2,1-2H3,(H,14,18)(H,16,17). The second-order valence-electron chi connectivity index (χ2n) is 4.07. The number of methoxy groups -OCH3 is 1. The molecule has 0 aromatic heterocycles. The maximum Gasteiger partial charge on any atom is 0.317 e. The molecule has 104 valence electrons. The SMILES string of the molecule is COc1ccc(CNC(=O)N(C)CCC(=O)O)cc1. The lowest BCUT2D eigenvalue weighted by Crippen LogP contribution is -2.37. The number of hydrogen-bond acceptors (Lipinski definition) is 3. The van der Waals surface area contributed by atoms with Crippen LogP contribution in [-0.2, 0) is 11.3 Å². The van der Waals surface area contributed by atoms with Gasteiger partial charge in [-0.1, -0.05) is 12.1 Å². The molecule has 0 aliphatic rings. The summed E-state index contributed by atoms with van der Waals surface area (Å²) in [7, 11) is 3.15. The number of nitrogens with zero attached hydrogens (tertiary/aromatic N) is 1. The second kappa shape index (κ2) is 7.25. The van der Waals surface area contributed by atoms with E-state index >= 15 is 0 Å². The van der Waals surface area contributed by atoms with Crippen LogP contribution in [0.4, 0.5) is 4.79 Å². The molecule has 0 spiro atoms. The van der Waals surface area contributed by atoms with E-state index in [1.807, 2.05) is 24.3 Å². The number of rotatable bonds is 6. The van der Waals surface area contributed by atoms with Gasteiger partial charge >= 0.3 is 12.0 Å². The van der Waals surface area contributed by atoms with Gasteiger partial charge in [0, 0.05) is 20.1 Å². The Kier molecular flexibility index (Phi) is 5.66. The summed E-state index contributed by atoms with van der Waals surface area (Å²) in [6, 6.07) is 7.05. The van der Waals surface area contributed by atoms with Gasteiger partial charge in [-0.3, -0.25) is 4.79 Å². The van der Waals surface area contributed by atoms with E-state index in [1.54, 1.807) is 14.2 Å². The molecule has 2 amide bonds. The third-order valence-electron chi connectivity index (χ3n) is 2.61. The van der Waals surface area contributed by atoms with Crippen LogP contribution in [0, 0.1) is 0 Å². The van der Waals surface area contributed by atoms with Gasteiger partial charge in [-0.05, 0) is 17.7 Å². The molecule has 6 heteroatoms. The minimum Gasteiger partial charge on any atom is -0.497 e. The summed E-state index contributed by atoms with van der Waals surface area (Å²) in [5.74, 6) is -0.163. The largest absolute Gasteiger partial charge is 0.497 e. The molecule has 0 aliphatic carbocycles. The summed E-state index contributed by atoms with van der Waals surface area (Å²) in [5.41, 5.74) is 0.945. The quantitative estimate of drug-likeness (QED) is 0.813. The summed E-state index contributed by atoms with van der Waals surface area (Å²) in [6.07, 6.45) is -0.0630. The number of amides is 2. The number of carboxylic acids is 1. The number of carbonyl (C=O) groups excluding carboxylic acids is 1. The van der Waals surface area contributed by atoms with Crippen molar-refractivity contribution >= 4 is 12.0 Å². The molecule has 0 bridgehead atoms. The monoisotopic (exact) mass is 266 g/mol. The summed E-state index contributed by atoms with van der Waals surface area (Å²) >= 11 is 0. The summed E-state index contributed by atoms with van der Waals surface area (Å²) in [6.45, 7) is 0.573. The fraction of sp³-hybridized carbons (Fsp3) is 0.385. The first-order valence-corrected chi connectivity index (χ1v) is 5.86. The lowest BCUT2D eigenvalue weighted by molar-refractivity contribution is -0.137. The van der Waals surface area contributed by atoms with Crippen LogP contribution in [0.5, 0.6) is 5.75 Å². The first-order chi connectivity index (χ1) is 9.02. The van der Waals surface area contributed by atoms with E-state index in [9.17, 15) is 9.59 Å².